The number of anilines is 2. The first-order valence-corrected chi connectivity index (χ1v) is 12.2. The molecular weight excluding hydrogens is 489 g/mol. The molecule has 3 aromatic rings. The monoisotopic (exact) mass is 509 g/mol. The summed E-state index contributed by atoms with van der Waals surface area (Å²) in [6.45, 7) is 3.89. The molecule has 0 fully saturated rings. The summed E-state index contributed by atoms with van der Waals surface area (Å²) in [4.78, 5) is 32.0. The Hall–Kier alpha value is -3.06. The highest BCUT2D eigenvalue weighted by molar-refractivity contribution is 8.14. The molecule has 4 rings (SSSR count). The average molecular weight is 510 g/mol. The fraction of sp³-hybridized carbons (Fsp3) is 0.115. The van der Waals surface area contributed by atoms with E-state index in [-0.39, 0.29) is 17.6 Å². The molecule has 0 unspecified atom stereocenters. The maximum Gasteiger partial charge on any atom is 0.283 e. The van der Waals surface area contributed by atoms with Crippen LogP contribution >= 0.6 is 35.0 Å². The zero-order valence-electron chi connectivity index (χ0n) is 18.5. The van der Waals surface area contributed by atoms with Gasteiger partial charge in [0.25, 0.3) is 5.91 Å². The van der Waals surface area contributed by atoms with Crippen molar-refractivity contribution in [2.45, 2.75) is 13.8 Å². The van der Waals surface area contributed by atoms with Gasteiger partial charge in [0.05, 0.1) is 11.4 Å². The summed E-state index contributed by atoms with van der Waals surface area (Å²) in [7, 11) is 0. The quantitative estimate of drug-likeness (QED) is 0.388. The summed E-state index contributed by atoms with van der Waals surface area (Å²) in [5.41, 5.74) is 4.45. The minimum atomic E-state index is -0.258. The Bertz CT molecular complexity index is 1300. The first-order chi connectivity index (χ1) is 16.3. The second-order valence-corrected chi connectivity index (χ2v) is 9.57. The smallest absolute Gasteiger partial charge is 0.283 e. The number of amidine groups is 1. The molecular formula is C26H21Cl2N3O2S. The number of nitrogens with one attached hydrogen (secondary N) is 1. The van der Waals surface area contributed by atoms with Gasteiger partial charge < -0.3 is 5.32 Å². The van der Waals surface area contributed by atoms with Crippen molar-refractivity contribution < 1.29 is 9.59 Å². The van der Waals surface area contributed by atoms with E-state index in [1.807, 2.05) is 38.1 Å². The lowest BCUT2D eigenvalue weighted by molar-refractivity contribution is -0.114. The van der Waals surface area contributed by atoms with Crippen LogP contribution in [0.25, 0.3) is 6.08 Å². The van der Waals surface area contributed by atoms with Crippen molar-refractivity contribution in [3.63, 3.8) is 0 Å². The van der Waals surface area contributed by atoms with E-state index < -0.39 is 0 Å². The number of thioether (sulfide) groups is 1. The van der Waals surface area contributed by atoms with Crippen LogP contribution in [0.4, 0.5) is 11.4 Å². The van der Waals surface area contributed by atoms with Crippen molar-refractivity contribution in [1.29, 1.82) is 0 Å². The zero-order chi connectivity index (χ0) is 24.2. The van der Waals surface area contributed by atoms with E-state index >= 15 is 0 Å². The number of hydrogen-bond acceptors (Lipinski definition) is 4. The second kappa shape index (κ2) is 10.5. The Kier molecular flexibility index (Phi) is 7.41. The zero-order valence-corrected chi connectivity index (χ0v) is 20.8. The van der Waals surface area contributed by atoms with Gasteiger partial charge >= 0.3 is 0 Å². The van der Waals surface area contributed by atoms with Crippen molar-refractivity contribution in [3.05, 3.63) is 99.2 Å². The Morgan fingerprint density at radius 2 is 1.68 bits per heavy atom. The summed E-state index contributed by atoms with van der Waals surface area (Å²) in [5, 5.41) is 4.43. The second-order valence-electron chi connectivity index (χ2n) is 7.75. The van der Waals surface area contributed by atoms with Gasteiger partial charge in [0.15, 0.2) is 5.17 Å². The number of hydrogen-bond donors (Lipinski definition) is 1. The summed E-state index contributed by atoms with van der Waals surface area (Å²) in [5.74, 6) is -0.395. The van der Waals surface area contributed by atoms with Gasteiger partial charge in [-0.05, 0) is 73.5 Å². The highest BCUT2D eigenvalue weighted by Crippen LogP contribution is 2.33. The lowest BCUT2D eigenvalue weighted by Gasteiger charge is -2.20. The van der Waals surface area contributed by atoms with Crippen molar-refractivity contribution in [3.8, 4) is 0 Å². The Balaban J connectivity index is 1.59. The van der Waals surface area contributed by atoms with Crippen molar-refractivity contribution in [2.75, 3.05) is 16.0 Å². The first-order valence-electron chi connectivity index (χ1n) is 10.5. The average Bonchev–Trinajstić information content (AvgIpc) is 3.10. The largest absolute Gasteiger partial charge is 0.325 e. The minimum Gasteiger partial charge on any atom is -0.325 e. The van der Waals surface area contributed by atoms with Crippen LogP contribution in [-0.2, 0) is 9.59 Å². The molecule has 5 nitrogen and oxygen atoms in total. The molecule has 1 aliphatic rings. The van der Waals surface area contributed by atoms with Gasteiger partial charge in [-0.25, -0.2) is 4.99 Å². The van der Waals surface area contributed by atoms with Crippen molar-refractivity contribution in [1.82, 2.24) is 0 Å². The van der Waals surface area contributed by atoms with Gasteiger partial charge in [-0.15, -0.1) is 0 Å². The van der Waals surface area contributed by atoms with Gasteiger partial charge in [0, 0.05) is 15.7 Å². The molecule has 1 N–H and O–H groups in total. The number of carbonyl (C=O) groups excluding carboxylic acids is 2. The molecule has 0 saturated carbocycles. The summed E-state index contributed by atoms with van der Waals surface area (Å²) in [6, 6.07) is 20.0. The van der Waals surface area contributed by atoms with Gasteiger partial charge in [-0.1, -0.05) is 64.8 Å². The Labute approximate surface area is 212 Å². The first kappa shape index (κ1) is 24.1. The van der Waals surface area contributed by atoms with Crippen LogP contribution < -0.4 is 10.2 Å². The fourth-order valence-corrected chi connectivity index (χ4v) is 4.51. The predicted molar refractivity (Wildman–Crippen MR) is 143 cm³/mol. The van der Waals surface area contributed by atoms with Gasteiger partial charge in [0.2, 0.25) is 5.91 Å². The number of nitrogens with zero attached hydrogens (tertiary/aromatic N) is 2. The lowest BCUT2D eigenvalue weighted by atomic mass is 10.1. The Morgan fingerprint density at radius 1 is 1.00 bits per heavy atom. The molecule has 172 valence electrons. The summed E-state index contributed by atoms with van der Waals surface area (Å²) in [6.07, 6.45) is 1.75. The molecule has 0 radical (unpaired) electrons. The van der Waals surface area contributed by atoms with Crippen molar-refractivity contribution in [2.24, 2.45) is 4.99 Å². The Morgan fingerprint density at radius 3 is 2.35 bits per heavy atom. The fourth-order valence-electron chi connectivity index (χ4n) is 3.36. The third-order valence-electron chi connectivity index (χ3n) is 5.07. The lowest BCUT2D eigenvalue weighted by Crippen LogP contribution is -2.31. The van der Waals surface area contributed by atoms with Gasteiger partial charge in [-0.3, -0.25) is 14.5 Å². The molecule has 2 amide bonds. The normalized spacial score (nSPS) is 14.5. The standard InChI is InChI=1S/C26H21Cl2N3O2S/c1-16-3-5-18(6-4-16)14-22-25(33)31(23-12-9-20(28)13-17(23)2)26(30-22)34-15-24(32)29-21-10-7-19(27)8-11-21/h3-14H,15H2,1-2H3,(H,29,32). The third kappa shape index (κ3) is 5.70. The molecule has 1 aliphatic heterocycles. The topological polar surface area (TPSA) is 61.8 Å². The SMILES string of the molecule is Cc1ccc(C=C2N=C(SCC(=O)Nc3ccc(Cl)cc3)N(c3ccc(Cl)cc3C)C2=O)cc1. The minimum absolute atomic E-state index is 0.0791. The third-order valence-corrected chi connectivity index (χ3v) is 6.50. The van der Waals surface area contributed by atoms with E-state index in [0.717, 1.165) is 16.7 Å². The molecule has 0 atom stereocenters. The number of benzene rings is 3. The van der Waals surface area contributed by atoms with Crippen LogP contribution in [-0.4, -0.2) is 22.7 Å². The molecule has 0 aliphatic carbocycles. The van der Waals surface area contributed by atoms with E-state index in [1.54, 1.807) is 48.5 Å². The highest BCUT2D eigenvalue weighted by Gasteiger charge is 2.33. The predicted octanol–water partition coefficient (Wildman–Crippen LogP) is 6.73. The van der Waals surface area contributed by atoms with Crippen LogP contribution in [0, 0.1) is 13.8 Å². The number of halogens is 2. The summed E-state index contributed by atoms with van der Waals surface area (Å²) >= 11 is 13.2. The van der Waals surface area contributed by atoms with E-state index in [0.29, 0.717) is 32.3 Å². The molecule has 0 bridgehead atoms. The van der Waals surface area contributed by atoms with E-state index in [1.165, 1.54) is 16.7 Å². The molecule has 0 spiro atoms. The maximum absolute atomic E-state index is 13.4. The molecule has 3 aromatic carbocycles. The van der Waals surface area contributed by atoms with Crippen molar-refractivity contribution >= 4 is 69.4 Å². The molecule has 1 heterocycles. The number of amides is 2. The van der Waals surface area contributed by atoms with Crippen LogP contribution in [0.2, 0.25) is 10.0 Å². The van der Waals surface area contributed by atoms with Gasteiger partial charge in [-0.2, -0.15) is 0 Å². The van der Waals surface area contributed by atoms with Crippen LogP contribution in [0.15, 0.2) is 77.4 Å². The molecule has 0 saturated heterocycles. The number of aryl methyl sites for hydroxylation is 2. The number of rotatable bonds is 5. The molecule has 8 heteroatoms. The van der Waals surface area contributed by atoms with E-state index in [4.69, 9.17) is 23.2 Å². The van der Waals surface area contributed by atoms with Crippen LogP contribution in [0.1, 0.15) is 16.7 Å². The maximum atomic E-state index is 13.4. The van der Waals surface area contributed by atoms with E-state index in [9.17, 15) is 9.59 Å². The molecule has 0 aromatic heterocycles. The number of aliphatic imine (C=N–C) groups is 1. The van der Waals surface area contributed by atoms with Crippen LogP contribution in [0.5, 0.6) is 0 Å². The summed E-state index contributed by atoms with van der Waals surface area (Å²) < 4.78 is 0. The van der Waals surface area contributed by atoms with E-state index in [2.05, 4.69) is 10.3 Å². The highest BCUT2D eigenvalue weighted by atomic mass is 35.5. The van der Waals surface area contributed by atoms with Gasteiger partial charge in [0.1, 0.15) is 5.70 Å². The number of carbonyl (C=O) groups is 2. The molecule has 34 heavy (non-hydrogen) atoms. The van der Waals surface area contributed by atoms with Crippen LogP contribution in [0.3, 0.4) is 0 Å².